The first-order valence-corrected chi connectivity index (χ1v) is 7.08. The predicted molar refractivity (Wildman–Crippen MR) is 76.5 cm³/mol. The van der Waals surface area contributed by atoms with Gasteiger partial charge in [0.25, 0.3) is 0 Å². The predicted octanol–water partition coefficient (Wildman–Crippen LogP) is 1.39. The second-order valence-corrected chi connectivity index (χ2v) is 5.59. The average Bonchev–Trinajstić information content (AvgIpc) is 3.06. The fraction of sp³-hybridized carbons (Fsp3) is 0.667. The van der Waals surface area contributed by atoms with Gasteiger partial charge >= 0.3 is 0 Å². The van der Waals surface area contributed by atoms with Gasteiger partial charge in [0.15, 0.2) is 0 Å². The van der Waals surface area contributed by atoms with Crippen LogP contribution in [0.1, 0.15) is 18.4 Å². The molecule has 1 aromatic heterocycles. The summed E-state index contributed by atoms with van der Waals surface area (Å²) >= 11 is 0. The number of rotatable bonds is 6. The maximum atomic E-state index is 12.1. The van der Waals surface area contributed by atoms with Crippen molar-refractivity contribution in [3.8, 4) is 0 Å². The summed E-state index contributed by atoms with van der Waals surface area (Å²) in [5.74, 6) is 0.181. The second-order valence-electron chi connectivity index (χ2n) is 5.59. The van der Waals surface area contributed by atoms with Crippen molar-refractivity contribution < 1.29 is 13.9 Å². The Morgan fingerprint density at radius 3 is 3.00 bits per heavy atom. The number of likely N-dealkylation sites (N-methyl/N-ethyl adjacent to an activating group) is 2. The largest absolute Gasteiger partial charge is 0.472 e. The molecule has 0 bridgehead atoms. The van der Waals surface area contributed by atoms with Crippen LogP contribution < -0.4 is 0 Å². The van der Waals surface area contributed by atoms with Crippen molar-refractivity contribution in [3.63, 3.8) is 0 Å². The summed E-state index contributed by atoms with van der Waals surface area (Å²) in [5, 5.41) is 0. The Morgan fingerprint density at radius 2 is 2.40 bits per heavy atom. The van der Waals surface area contributed by atoms with Crippen molar-refractivity contribution in [3.05, 3.63) is 24.2 Å². The molecular weight excluding hydrogens is 256 g/mol. The number of carbonyl (C=O) groups is 1. The number of carbonyl (C=O) groups excluding carboxylic acids is 1. The van der Waals surface area contributed by atoms with E-state index in [4.69, 9.17) is 9.15 Å². The third-order valence-electron chi connectivity index (χ3n) is 4.10. The Kier molecular flexibility index (Phi) is 5.20. The van der Waals surface area contributed by atoms with E-state index in [0.717, 1.165) is 31.5 Å². The van der Waals surface area contributed by atoms with E-state index < -0.39 is 0 Å². The summed E-state index contributed by atoms with van der Waals surface area (Å²) in [7, 11) is 5.72. The molecule has 0 radical (unpaired) electrons. The molecule has 0 N–H and O–H groups in total. The Labute approximate surface area is 120 Å². The van der Waals surface area contributed by atoms with E-state index in [2.05, 4.69) is 11.9 Å². The Bertz CT molecular complexity index is 419. The van der Waals surface area contributed by atoms with Gasteiger partial charge in [-0.05, 0) is 31.5 Å². The summed E-state index contributed by atoms with van der Waals surface area (Å²) in [4.78, 5) is 16.2. The van der Waals surface area contributed by atoms with Gasteiger partial charge < -0.3 is 14.1 Å². The van der Waals surface area contributed by atoms with Crippen LogP contribution in [0, 0.1) is 0 Å². The summed E-state index contributed by atoms with van der Waals surface area (Å²) in [6, 6.07) is 2.30. The molecule has 2 heterocycles. The molecule has 5 heteroatoms. The highest BCUT2D eigenvalue weighted by Crippen LogP contribution is 2.19. The zero-order valence-corrected chi connectivity index (χ0v) is 12.5. The number of hydrogen-bond acceptors (Lipinski definition) is 4. The summed E-state index contributed by atoms with van der Waals surface area (Å²) < 4.78 is 10.4. The van der Waals surface area contributed by atoms with Gasteiger partial charge in [-0.25, -0.2) is 0 Å². The maximum Gasteiger partial charge on any atom is 0.222 e. The Hall–Kier alpha value is -1.33. The lowest BCUT2D eigenvalue weighted by Crippen LogP contribution is -2.39. The van der Waals surface area contributed by atoms with Crippen molar-refractivity contribution >= 4 is 5.91 Å². The summed E-state index contributed by atoms with van der Waals surface area (Å²) in [6.07, 6.45) is 5.88. The van der Waals surface area contributed by atoms with Gasteiger partial charge in [-0.15, -0.1) is 0 Å². The normalized spacial score (nSPS) is 23.1. The van der Waals surface area contributed by atoms with Gasteiger partial charge in [0.05, 0.1) is 18.6 Å². The molecule has 2 atom stereocenters. The SMILES string of the molecule is CO[C@H]1C[C@@H](CN(C)C(=O)CCc2ccoc2)N(C)C1. The minimum Gasteiger partial charge on any atom is -0.472 e. The smallest absolute Gasteiger partial charge is 0.222 e. The van der Waals surface area contributed by atoms with Crippen LogP contribution >= 0.6 is 0 Å². The molecule has 0 spiro atoms. The van der Waals surface area contributed by atoms with Crippen molar-refractivity contribution in [1.82, 2.24) is 9.80 Å². The topological polar surface area (TPSA) is 45.9 Å². The third-order valence-corrected chi connectivity index (χ3v) is 4.10. The molecule has 1 aromatic rings. The van der Waals surface area contributed by atoms with Crippen LogP contribution in [0.3, 0.4) is 0 Å². The quantitative estimate of drug-likeness (QED) is 0.790. The van der Waals surface area contributed by atoms with E-state index in [1.165, 1.54) is 0 Å². The molecule has 1 amide bonds. The van der Waals surface area contributed by atoms with Crippen LogP contribution in [-0.2, 0) is 16.0 Å². The Balaban J connectivity index is 1.76. The van der Waals surface area contributed by atoms with Gasteiger partial charge in [-0.3, -0.25) is 9.69 Å². The fourth-order valence-electron chi connectivity index (χ4n) is 2.71. The lowest BCUT2D eigenvalue weighted by molar-refractivity contribution is -0.130. The minimum atomic E-state index is 0.181. The van der Waals surface area contributed by atoms with Crippen LogP contribution in [0.15, 0.2) is 23.0 Å². The van der Waals surface area contributed by atoms with Gasteiger partial charge in [-0.1, -0.05) is 0 Å². The molecule has 0 unspecified atom stereocenters. The first-order valence-electron chi connectivity index (χ1n) is 7.08. The standard InChI is InChI=1S/C15H24N2O3/c1-16-10-14(19-3)8-13(16)9-17(2)15(18)5-4-12-6-7-20-11-12/h6-7,11,13-14H,4-5,8-10H2,1-3H3/t13-,14-/m0/s1. The Morgan fingerprint density at radius 1 is 1.60 bits per heavy atom. The molecule has 1 saturated heterocycles. The molecule has 5 nitrogen and oxygen atoms in total. The van der Waals surface area contributed by atoms with E-state index in [9.17, 15) is 4.79 Å². The van der Waals surface area contributed by atoms with Gasteiger partial charge in [0.1, 0.15) is 0 Å². The second kappa shape index (κ2) is 6.90. The molecule has 0 aliphatic carbocycles. The van der Waals surface area contributed by atoms with Crippen molar-refractivity contribution in [2.24, 2.45) is 0 Å². The van der Waals surface area contributed by atoms with E-state index in [1.807, 2.05) is 18.0 Å². The van der Waals surface area contributed by atoms with Crippen molar-refractivity contribution in [1.29, 1.82) is 0 Å². The average molecular weight is 280 g/mol. The van der Waals surface area contributed by atoms with E-state index in [0.29, 0.717) is 18.6 Å². The van der Waals surface area contributed by atoms with Crippen LogP contribution in [0.4, 0.5) is 0 Å². The van der Waals surface area contributed by atoms with Gasteiger partial charge in [-0.2, -0.15) is 0 Å². The van der Waals surface area contributed by atoms with Crippen molar-refractivity contribution in [2.75, 3.05) is 34.3 Å². The lowest BCUT2D eigenvalue weighted by atomic mass is 10.1. The maximum absolute atomic E-state index is 12.1. The van der Waals surface area contributed by atoms with Gasteiger partial charge in [0.2, 0.25) is 5.91 Å². The minimum absolute atomic E-state index is 0.181. The molecular formula is C15H24N2O3. The fourth-order valence-corrected chi connectivity index (χ4v) is 2.71. The molecule has 1 fully saturated rings. The van der Waals surface area contributed by atoms with Crippen LogP contribution in [-0.4, -0.2) is 62.1 Å². The van der Waals surface area contributed by atoms with Crippen LogP contribution in [0.5, 0.6) is 0 Å². The highest BCUT2D eigenvalue weighted by molar-refractivity contribution is 5.76. The zero-order chi connectivity index (χ0) is 14.5. The monoisotopic (exact) mass is 280 g/mol. The van der Waals surface area contributed by atoms with Gasteiger partial charge in [0, 0.05) is 39.7 Å². The molecule has 1 aliphatic rings. The molecule has 0 aromatic carbocycles. The molecule has 20 heavy (non-hydrogen) atoms. The van der Waals surface area contributed by atoms with Crippen LogP contribution in [0.25, 0.3) is 0 Å². The number of amides is 1. The number of nitrogens with zero attached hydrogens (tertiary/aromatic N) is 2. The number of likely N-dealkylation sites (tertiary alicyclic amines) is 1. The first kappa shape index (κ1) is 15.1. The summed E-state index contributed by atoms with van der Waals surface area (Å²) in [5.41, 5.74) is 1.07. The zero-order valence-electron chi connectivity index (χ0n) is 12.5. The van der Waals surface area contributed by atoms with E-state index in [1.54, 1.807) is 19.6 Å². The number of ether oxygens (including phenoxy) is 1. The first-order chi connectivity index (χ1) is 9.60. The molecule has 112 valence electrons. The van der Waals surface area contributed by atoms with E-state index >= 15 is 0 Å². The highest BCUT2D eigenvalue weighted by Gasteiger charge is 2.30. The number of aryl methyl sites for hydroxylation is 1. The summed E-state index contributed by atoms with van der Waals surface area (Å²) in [6.45, 7) is 1.71. The number of furan rings is 1. The number of hydrogen-bond donors (Lipinski definition) is 0. The third kappa shape index (κ3) is 3.84. The van der Waals surface area contributed by atoms with Crippen molar-refractivity contribution in [2.45, 2.75) is 31.4 Å². The van der Waals surface area contributed by atoms with Crippen LogP contribution in [0.2, 0.25) is 0 Å². The molecule has 2 rings (SSSR count). The molecule has 1 aliphatic heterocycles. The molecule has 0 saturated carbocycles. The number of methoxy groups -OCH3 is 1. The van der Waals surface area contributed by atoms with E-state index in [-0.39, 0.29) is 5.91 Å². The lowest BCUT2D eigenvalue weighted by Gasteiger charge is -2.25. The highest BCUT2D eigenvalue weighted by atomic mass is 16.5.